The summed E-state index contributed by atoms with van der Waals surface area (Å²) in [6, 6.07) is 11.2. The van der Waals surface area contributed by atoms with Gasteiger partial charge in [0.2, 0.25) is 10.0 Å². The Labute approximate surface area is 195 Å². The fourth-order valence-corrected chi connectivity index (χ4v) is 4.94. The summed E-state index contributed by atoms with van der Waals surface area (Å²) in [6.45, 7) is 6.80. The average molecular weight is 492 g/mol. The number of rotatable bonds is 6. The zero-order chi connectivity index (χ0) is 24.6. The molecule has 0 atom stereocenters. The number of nitro benzene ring substituents is 1. The Morgan fingerprint density at radius 2 is 1.76 bits per heavy atom. The van der Waals surface area contributed by atoms with Gasteiger partial charge in [0.15, 0.2) is 0 Å². The van der Waals surface area contributed by atoms with Gasteiger partial charge in [-0.05, 0) is 58.0 Å². The van der Waals surface area contributed by atoms with Gasteiger partial charge in [-0.1, -0.05) is 11.6 Å². The van der Waals surface area contributed by atoms with Gasteiger partial charge in [-0.3, -0.25) is 14.9 Å². The molecule has 0 aliphatic heterocycles. The Morgan fingerprint density at radius 3 is 2.33 bits per heavy atom. The van der Waals surface area contributed by atoms with E-state index in [1.165, 1.54) is 47.1 Å². The summed E-state index contributed by atoms with van der Waals surface area (Å²) >= 11 is 6.11. The number of sulfonamides is 1. The molecule has 0 radical (unpaired) electrons. The zero-order valence-electron chi connectivity index (χ0n) is 18.3. The van der Waals surface area contributed by atoms with Gasteiger partial charge < -0.3 is 5.32 Å². The number of nitrogens with zero attached hydrogens (tertiary/aromatic N) is 3. The van der Waals surface area contributed by atoms with Crippen LogP contribution < -0.4 is 10.0 Å². The number of anilines is 1. The molecular formula is C21H22ClN5O5S. The number of nitrogens with one attached hydrogen (secondary N) is 2. The maximum absolute atomic E-state index is 12.9. The molecule has 0 spiro atoms. The van der Waals surface area contributed by atoms with Crippen LogP contribution in [0.1, 0.15) is 36.8 Å². The normalized spacial score (nSPS) is 11.9. The Hall–Kier alpha value is -3.28. The molecule has 1 amide bonds. The van der Waals surface area contributed by atoms with Crippen LogP contribution in [0.3, 0.4) is 0 Å². The highest BCUT2D eigenvalue weighted by Crippen LogP contribution is 2.25. The summed E-state index contributed by atoms with van der Waals surface area (Å²) < 4.78 is 29.4. The lowest BCUT2D eigenvalue weighted by Crippen LogP contribution is -2.40. The lowest BCUT2D eigenvalue weighted by molar-refractivity contribution is -0.384. The van der Waals surface area contributed by atoms with Crippen LogP contribution >= 0.6 is 11.6 Å². The second-order valence-electron chi connectivity index (χ2n) is 8.31. The first-order valence-electron chi connectivity index (χ1n) is 9.73. The molecule has 1 aromatic heterocycles. The van der Waals surface area contributed by atoms with E-state index in [1.54, 1.807) is 33.8 Å². The van der Waals surface area contributed by atoms with Crippen LogP contribution in [0.4, 0.5) is 11.5 Å². The molecule has 1 heterocycles. The van der Waals surface area contributed by atoms with Gasteiger partial charge in [-0.25, -0.2) is 17.8 Å². The molecule has 0 fully saturated rings. The topological polar surface area (TPSA) is 136 Å². The molecule has 12 heteroatoms. The van der Waals surface area contributed by atoms with Crippen molar-refractivity contribution < 1.29 is 18.1 Å². The molecule has 0 aliphatic rings. The lowest BCUT2D eigenvalue weighted by atomic mass is 10.1. The molecule has 33 heavy (non-hydrogen) atoms. The van der Waals surface area contributed by atoms with E-state index in [0.717, 1.165) is 0 Å². The third-order valence-corrected chi connectivity index (χ3v) is 6.54. The maximum Gasteiger partial charge on any atom is 0.269 e. The predicted molar refractivity (Wildman–Crippen MR) is 124 cm³/mol. The smallest absolute Gasteiger partial charge is 0.269 e. The minimum absolute atomic E-state index is 0.0185. The van der Waals surface area contributed by atoms with Crippen molar-refractivity contribution in [3.63, 3.8) is 0 Å². The quantitative estimate of drug-likeness (QED) is 0.394. The minimum Gasteiger partial charge on any atom is -0.306 e. The molecule has 2 aromatic carbocycles. The second-order valence-corrected chi connectivity index (χ2v) is 10.4. The van der Waals surface area contributed by atoms with E-state index in [0.29, 0.717) is 17.2 Å². The predicted octanol–water partition coefficient (Wildman–Crippen LogP) is 4.07. The van der Waals surface area contributed by atoms with Gasteiger partial charge in [0.25, 0.3) is 11.6 Å². The number of carbonyl (C=O) groups is 1. The number of nitro groups is 1. The van der Waals surface area contributed by atoms with Crippen LogP contribution in [-0.4, -0.2) is 34.6 Å². The van der Waals surface area contributed by atoms with Crippen molar-refractivity contribution in [2.75, 3.05) is 5.32 Å². The fraction of sp³-hybridized carbons (Fsp3) is 0.238. The molecule has 0 aliphatic carbocycles. The van der Waals surface area contributed by atoms with Crippen molar-refractivity contribution in [3.8, 4) is 5.69 Å². The molecule has 0 saturated carbocycles. The molecule has 2 N–H and O–H groups in total. The first-order chi connectivity index (χ1) is 15.3. The van der Waals surface area contributed by atoms with Crippen molar-refractivity contribution in [2.24, 2.45) is 0 Å². The van der Waals surface area contributed by atoms with Crippen LogP contribution in [0, 0.1) is 17.0 Å². The van der Waals surface area contributed by atoms with Gasteiger partial charge in [0.05, 0.1) is 21.3 Å². The molecule has 174 valence electrons. The highest BCUT2D eigenvalue weighted by atomic mass is 35.5. The first-order valence-corrected chi connectivity index (χ1v) is 11.6. The number of non-ortho nitro benzene ring substituents is 1. The number of benzene rings is 2. The summed E-state index contributed by atoms with van der Waals surface area (Å²) in [4.78, 5) is 23.1. The van der Waals surface area contributed by atoms with E-state index in [2.05, 4.69) is 15.1 Å². The highest BCUT2D eigenvalue weighted by molar-refractivity contribution is 7.89. The minimum atomic E-state index is -3.97. The second kappa shape index (κ2) is 8.93. The Kier molecular flexibility index (Phi) is 6.59. The number of hydrogen-bond donors (Lipinski definition) is 2. The molecule has 3 aromatic rings. The summed E-state index contributed by atoms with van der Waals surface area (Å²) in [7, 11) is -3.97. The van der Waals surface area contributed by atoms with E-state index in [-0.39, 0.29) is 21.2 Å². The van der Waals surface area contributed by atoms with Crippen molar-refractivity contribution in [1.29, 1.82) is 0 Å². The molecule has 3 rings (SSSR count). The zero-order valence-corrected chi connectivity index (χ0v) is 19.9. The lowest BCUT2D eigenvalue weighted by Gasteiger charge is -2.21. The highest BCUT2D eigenvalue weighted by Gasteiger charge is 2.25. The molecule has 0 unspecified atom stereocenters. The molecular weight excluding hydrogens is 470 g/mol. The van der Waals surface area contributed by atoms with E-state index >= 15 is 0 Å². The van der Waals surface area contributed by atoms with Gasteiger partial charge in [-0.15, -0.1) is 0 Å². The van der Waals surface area contributed by atoms with Gasteiger partial charge in [0.1, 0.15) is 10.7 Å². The Balaban J connectivity index is 1.92. The van der Waals surface area contributed by atoms with Gasteiger partial charge >= 0.3 is 0 Å². The van der Waals surface area contributed by atoms with E-state index in [9.17, 15) is 23.3 Å². The molecule has 0 bridgehead atoms. The summed E-state index contributed by atoms with van der Waals surface area (Å²) in [5.74, 6) is -0.277. The maximum atomic E-state index is 12.9. The SMILES string of the molecule is Cc1cc(NC(=O)c2ccc(Cl)c(S(=O)(=O)NC(C)(C)C)c2)n(-c2ccc([N+](=O)[O-])cc2)n1. The van der Waals surface area contributed by atoms with Gasteiger partial charge in [-0.2, -0.15) is 5.10 Å². The Bertz CT molecular complexity index is 1330. The van der Waals surface area contributed by atoms with Crippen LogP contribution in [0.2, 0.25) is 5.02 Å². The van der Waals surface area contributed by atoms with Crippen LogP contribution in [0.15, 0.2) is 53.4 Å². The standard InChI is InChI=1S/C21H22ClN5O5S/c1-13-11-19(26(24-13)15-6-8-16(9-7-15)27(29)30)23-20(28)14-5-10-17(22)18(12-14)33(31,32)25-21(2,3)4/h5-12,25H,1-4H3,(H,23,28). The van der Waals surface area contributed by atoms with Crippen LogP contribution in [0.25, 0.3) is 5.69 Å². The molecule has 10 nitrogen and oxygen atoms in total. The third-order valence-electron chi connectivity index (χ3n) is 4.30. The number of amides is 1. The van der Waals surface area contributed by atoms with Crippen LogP contribution in [-0.2, 0) is 10.0 Å². The van der Waals surface area contributed by atoms with Gasteiger partial charge in [0, 0.05) is 29.3 Å². The third kappa shape index (κ3) is 5.75. The number of aromatic nitrogens is 2. The van der Waals surface area contributed by atoms with Crippen molar-refractivity contribution in [3.05, 3.63) is 74.9 Å². The number of hydrogen-bond acceptors (Lipinski definition) is 6. The average Bonchev–Trinajstić information content (AvgIpc) is 3.06. The first kappa shape index (κ1) is 24.4. The van der Waals surface area contributed by atoms with Crippen molar-refractivity contribution in [1.82, 2.24) is 14.5 Å². The van der Waals surface area contributed by atoms with E-state index < -0.39 is 26.4 Å². The largest absolute Gasteiger partial charge is 0.306 e. The summed E-state index contributed by atoms with van der Waals surface area (Å²) in [5.41, 5.74) is 0.347. The summed E-state index contributed by atoms with van der Waals surface area (Å²) in [6.07, 6.45) is 0. The number of aryl methyl sites for hydroxylation is 1. The Morgan fingerprint density at radius 1 is 1.12 bits per heavy atom. The molecule has 0 saturated heterocycles. The van der Waals surface area contributed by atoms with Crippen molar-refractivity contribution in [2.45, 2.75) is 38.1 Å². The number of carbonyl (C=O) groups excluding carboxylic acids is 1. The number of halogens is 1. The van der Waals surface area contributed by atoms with Crippen molar-refractivity contribution >= 4 is 39.0 Å². The fourth-order valence-electron chi connectivity index (χ4n) is 3.00. The summed E-state index contributed by atoms with van der Waals surface area (Å²) in [5, 5.41) is 17.9. The van der Waals surface area contributed by atoms with E-state index in [4.69, 9.17) is 11.6 Å². The monoisotopic (exact) mass is 491 g/mol. The van der Waals surface area contributed by atoms with Crippen LogP contribution in [0.5, 0.6) is 0 Å². The van der Waals surface area contributed by atoms with E-state index in [1.807, 2.05) is 0 Å².